The number of carbonyl (C=O) groups excluding carboxylic acids is 1. The fourth-order valence-electron chi connectivity index (χ4n) is 3.29. The van der Waals surface area contributed by atoms with Crippen molar-refractivity contribution in [3.05, 3.63) is 64.5 Å². The minimum atomic E-state index is -3.56. The van der Waals surface area contributed by atoms with Crippen molar-refractivity contribution in [3.63, 3.8) is 0 Å². The summed E-state index contributed by atoms with van der Waals surface area (Å²) in [5.41, 5.74) is 3.52. The third-order valence-corrected chi connectivity index (χ3v) is 6.71. The molecule has 0 spiro atoms. The van der Waals surface area contributed by atoms with Gasteiger partial charge in [-0.15, -0.1) is 0 Å². The maximum absolute atomic E-state index is 13.0. The molecule has 0 aromatic heterocycles. The number of aryl methyl sites for hydroxylation is 3. The lowest BCUT2D eigenvalue weighted by Gasteiger charge is -2.39. The van der Waals surface area contributed by atoms with Gasteiger partial charge in [-0.2, -0.15) is 0 Å². The van der Waals surface area contributed by atoms with Crippen molar-refractivity contribution in [3.8, 4) is 0 Å². The molecule has 4 nitrogen and oxygen atoms in total. The van der Waals surface area contributed by atoms with Gasteiger partial charge in [0.15, 0.2) is 9.84 Å². The van der Waals surface area contributed by atoms with E-state index in [0.717, 1.165) is 28.8 Å². The largest absolute Gasteiger partial charge is 0.336 e. The molecule has 2 aromatic carbocycles. The molecule has 132 valence electrons. The maximum atomic E-state index is 13.0. The Bertz CT molecular complexity index is 907. The van der Waals surface area contributed by atoms with Crippen LogP contribution in [0.15, 0.2) is 41.3 Å². The van der Waals surface area contributed by atoms with Crippen molar-refractivity contribution in [2.24, 2.45) is 0 Å². The zero-order valence-electron chi connectivity index (χ0n) is 14.4. The molecule has 1 heterocycles. The molecule has 25 heavy (non-hydrogen) atoms. The Labute approximate surface area is 147 Å². The number of carbonyl (C=O) groups is 1. The molecule has 2 aromatic rings. The van der Waals surface area contributed by atoms with Gasteiger partial charge in [-0.3, -0.25) is 4.79 Å². The fourth-order valence-corrected chi connectivity index (χ4v) is 4.95. The van der Waals surface area contributed by atoms with Gasteiger partial charge in [0, 0.05) is 18.7 Å². The van der Waals surface area contributed by atoms with E-state index in [2.05, 4.69) is 0 Å². The normalized spacial score (nSPS) is 15.1. The van der Waals surface area contributed by atoms with Gasteiger partial charge < -0.3 is 4.90 Å². The van der Waals surface area contributed by atoms with Gasteiger partial charge in [-0.1, -0.05) is 17.7 Å². The predicted octanol–water partition coefficient (Wildman–Crippen LogP) is 3.05. The number of hydrogen-bond acceptors (Lipinski definition) is 3. The number of halogens is 1. The maximum Gasteiger partial charge on any atom is 0.254 e. The average Bonchev–Trinajstić information content (AvgIpc) is 2.44. The van der Waals surface area contributed by atoms with Gasteiger partial charge in [0.05, 0.1) is 4.90 Å². The topological polar surface area (TPSA) is 54.5 Å². The number of nitrogens with zero attached hydrogens (tertiary/aromatic N) is 1. The second-order valence-electron chi connectivity index (χ2n) is 6.60. The van der Waals surface area contributed by atoms with Crippen LogP contribution in [0.4, 0.5) is 4.39 Å². The first-order chi connectivity index (χ1) is 11.7. The molecule has 0 saturated carbocycles. The first-order valence-electron chi connectivity index (χ1n) is 8.06. The number of amides is 1. The summed E-state index contributed by atoms with van der Waals surface area (Å²) < 4.78 is 38.1. The first-order valence-corrected chi connectivity index (χ1v) is 9.61. The Morgan fingerprint density at radius 2 is 1.56 bits per heavy atom. The minimum absolute atomic E-state index is 0.0914. The van der Waals surface area contributed by atoms with Crippen molar-refractivity contribution >= 4 is 15.7 Å². The summed E-state index contributed by atoms with van der Waals surface area (Å²) in [5, 5.41) is -0.645. The highest BCUT2D eigenvalue weighted by Gasteiger charge is 2.41. The summed E-state index contributed by atoms with van der Waals surface area (Å²) in [7, 11) is -3.56. The molecule has 1 aliphatic rings. The summed E-state index contributed by atoms with van der Waals surface area (Å²) in [4.78, 5) is 14.4. The van der Waals surface area contributed by atoms with Crippen LogP contribution < -0.4 is 0 Å². The smallest absolute Gasteiger partial charge is 0.254 e. The molecule has 6 heteroatoms. The molecular weight excluding hydrogens is 341 g/mol. The van der Waals surface area contributed by atoms with Crippen LogP contribution in [0.3, 0.4) is 0 Å². The zero-order valence-corrected chi connectivity index (χ0v) is 15.2. The number of sulfone groups is 1. The standard InChI is InChI=1S/C19H20FNO3S/c1-12-8-13(2)18(14(3)9-12)19(22)21-10-17(11-21)25(23,24)16-6-4-15(20)5-7-16/h4-9,17H,10-11H2,1-3H3. The van der Waals surface area contributed by atoms with Gasteiger partial charge in [0.2, 0.25) is 0 Å². The van der Waals surface area contributed by atoms with Crippen LogP contribution in [0.2, 0.25) is 0 Å². The quantitative estimate of drug-likeness (QED) is 0.790. The van der Waals surface area contributed by atoms with Crippen LogP contribution in [0.1, 0.15) is 27.0 Å². The van der Waals surface area contributed by atoms with E-state index < -0.39 is 20.9 Å². The van der Waals surface area contributed by atoms with Gasteiger partial charge in [0.1, 0.15) is 11.1 Å². The highest BCUT2D eigenvalue weighted by molar-refractivity contribution is 7.92. The molecule has 0 radical (unpaired) electrons. The summed E-state index contributed by atoms with van der Waals surface area (Å²) in [6, 6.07) is 8.70. The van der Waals surface area contributed by atoms with Crippen LogP contribution in [-0.2, 0) is 9.84 Å². The lowest BCUT2D eigenvalue weighted by molar-refractivity contribution is 0.0657. The van der Waals surface area contributed by atoms with Gasteiger partial charge in [-0.25, -0.2) is 12.8 Å². The van der Waals surface area contributed by atoms with Crippen molar-refractivity contribution in [1.29, 1.82) is 0 Å². The Morgan fingerprint density at radius 1 is 1.04 bits per heavy atom. The van der Waals surface area contributed by atoms with E-state index in [1.807, 2.05) is 32.9 Å². The SMILES string of the molecule is Cc1cc(C)c(C(=O)N2CC(S(=O)(=O)c3ccc(F)cc3)C2)c(C)c1. The van der Waals surface area contributed by atoms with E-state index in [-0.39, 0.29) is 23.9 Å². The predicted molar refractivity (Wildman–Crippen MR) is 93.9 cm³/mol. The summed E-state index contributed by atoms with van der Waals surface area (Å²) in [5.74, 6) is -0.616. The minimum Gasteiger partial charge on any atom is -0.336 e. The Morgan fingerprint density at radius 3 is 2.08 bits per heavy atom. The third kappa shape index (κ3) is 3.18. The van der Waals surface area contributed by atoms with Crippen LogP contribution in [0.5, 0.6) is 0 Å². The van der Waals surface area contributed by atoms with E-state index in [4.69, 9.17) is 0 Å². The van der Waals surface area contributed by atoms with Crippen LogP contribution in [-0.4, -0.2) is 37.6 Å². The highest BCUT2D eigenvalue weighted by atomic mass is 32.2. The Kier molecular flexibility index (Phi) is 4.41. The summed E-state index contributed by atoms with van der Waals surface area (Å²) in [6.07, 6.45) is 0. The number of hydrogen-bond donors (Lipinski definition) is 0. The van der Waals surface area contributed by atoms with Crippen LogP contribution in [0.25, 0.3) is 0 Å². The van der Waals surface area contributed by atoms with Crippen LogP contribution in [0, 0.1) is 26.6 Å². The lowest BCUT2D eigenvalue weighted by atomic mass is 9.97. The zero-order chi connectivity index (χ0) is 18.4. The molecule has 1 aliphatic heterocycles. The van der Waals surface area contributed by atoms with E-state index in [1.165, 1.54) is 12.1 Å². The molecule has 3 rings (SSSR count). The van der Waals surface area contributed by atoms with E-state index in [9.17, 15) is 17.6 Å². The molecule has 0 bridgehead atoms. The van der Waals surface area contributed by atoms with E-state index in [1.54, 1.807) is 4.90 Å². The van der Waals surface area contributed by atoms with Crippen molar-refractivity contribution < 1.29 is 17.6 Å². The van der Waals surface area contributed by atoms with E-state index >= 15 is 0 Å². The molecule has 0 unspecified atom stereocenters. The molecular formula is C19H20FNO3S. The van der Waals surface area contributed by atoms with Gasteiger partial charge in [-0.05, 0) is 56.2 Å². The molecule has 1 amide bonds. The highest BCUT2D eigenvalue weighted by Crippen LogP contribution is 2.27. The summed E-state index contributed by atoms with van der Waals surface area (Å²) >= 11 is 0. The number of rotatable bonds is 3. The van der Waals surface area contributed by atoms with Crippen LogP contribution >= 0.6 is 0 Å². The van der Waals surface area contributed by atoms with Crippen molar-refractivity contribution in [2.45, 2.75) is 30.9 Å². The Hall–Kier alpha value is -2.21. The molecule has 0 aliphatic carbocycles. The number of benzene rings is 2. The molecule has 1 fully saturated rings. The van der Waals surface area contributed by atoms with Crippen molar-refractivity contribution in [2.75, 3.05) is 13.1 Å². The monoisotopic (exact) mass is 361 g/mol. The average molecular weight is 361 g/mol. The first kappa shape index (κ1) is 17.6. The van der Waals surface area contributed by atoms with Gasteiger partial charge in [0.25, 0.3) is 5.91 Å². The molecule has 0 N–H and O–H groups in total. The Balaban J connectivity index is 1.76. The lowest BCUT2D eigenvalue weighted by Crippen LogP contribution is -2.57. The second kappa shape index (κ2) is 6.26. The fraction of sp³-hybridized carbons (Fsp3) is 0.316. The van der Waals surface area contributed by atoms with Gasteiger partial charge >= 0.3 is 0 Å². The second-order valence-corrected chi connectivity index (χ2v) is 8.83. The molecule has 0 atom stereocenters. The van der Waals surface area contributed by atoms with E-state index in [0.29, 0.717) is 5.56 Å². The van der Waals surface area contributed by atoms with Crippen molar-refractivity contribution in [1.82, 2.24) is 4.90 Å². The number of likely N-dealkylation sites (tertiary alicyclic amines) is 1. The summed E-state index contributed by atoms with van der Waals surface area (Å²) in [6.45, 7) is 6.07. The molecule has 1 saturated heterocycles. The third-order valence-electron chi connectivity index (χ3n) is 4.61.